The lowest BCUT2D eigenvalue weighted by Crippen LogP contribution is -2.45. The van der Waals surface area contributed by atoms with Crippen LogP contribution < -0.4 is 16.1 Å². The SMILES string of the molecule is CC1CC=C(N2CCOCC2)C(=O)N1.CCOC(=O)/C(Cl)=N/NC.CCOC(=O)c1nn(C)c2c1CC(C)NC2=O. The number of hydrogen-bond donors (Lipinski definition) is 3. The summed E-state index contributed by atoms with van der Waals surface area (Å²) in [6, 6.07) is 0.277. The van der Waals surface area contributed by atoms with Crippen LogP contribution >= 0.6 is 11.6 Å². The van der Waals surface area contributed by atoms with Crippen LogP contribution in [0.4, 0.5) is 0 Å². The molecular formula is C26H40ClN7O7. The van der Waals surface area contributed by atoms with E-state index in [0.717, 1.165) is 38.4 Å². The Bertz CT molecular complexity index is 1150. The number of esters is 2. The molecule has 4 rings (SSSR count). The van der Waals surface area contributed by atoms with Crippen LogP contribution in [0.25, 0.3) is 0 Å². The number of carbonyl (C=O) groups excluding carboxylic acids is 4. The number of aryl methyl sites for hydroxylation is 1. The summed E-state index contributed by atoms with van der Waals surface area (Å²) in [7, 11) is 3.19. The van der Waals surface area contributed by atoms with Gasteiger partial charge in [0, 0.05) is 44.8 Å². The lowest BCUT2D eigenvalue weighted by atomic mass is 10.00. The van der Waals surface area contributed by atoms with Gasteiger partial charge in [0.25, 0.3) is 11.8 Å². The van der Waals surface area contributed by atoms with Gasteiger partial charge in [-0.1, -0.05) is 17.7 Å². The molecule has 1 saturated heterocycles. The topological polar surface area (TPSA) is 165 Å². The van der Waals surface area contributed by atoms with Crippen LogP contribution in [-0.2, 0) is 37.3 Å². The molecule has 0 spiro atoms. The van der Waals surface area contributed by atoms with Crippen molar-refractivity contribution in [3.63, 3.8) is 0 Å². The van der Waals surface area contributed by atoms with Crippen molar-refractivity contribution in [2.24, 2.45) is 12.1 Å². The van der Waals surface area contributed by atoms with E-state index in [1.807, 2.05) is 19.9 Å². The van der Waals surface area contributed by atoms with E-state index in [4.69, 9.17) is 21.1 Å². The van der Waals surface area contributed by atoms with Crippen LogP contribution in [0.1, 0.15) is 60.7 Å². The smallest absolute Gasteiger partial charge is 0.370 e. The normalized spacial score (nSPS) is 20.0. The number of ether oxygens (including phenoxy) is 3. The lowest BCUT2D eigenvalue weighted by Gasteiger charge is -2.33. The van der Waals surface area contributed by atoms with Crippen molar-refractivity contribution in [3.05, 3.63) is 28.7 Å². The molecule has 0 aliphatic carbocycles. The molecule has 3 N–H and O–H groups in total. The van der Waals surface area contributed by atoms with Crippen molar-refractivity contribution in [2.45, 2.75) is 52.6 Å². The van der Waals surface area contributed by atoms with Gasteiger partial charge in [0.2, 0.25) is 5.17 Å². The van der Waals surface area contributed by atoms with Gasteiger partial charge in [-0.05, 0) is 40.5 Å². The molecule has 0 radical (unpaired) electrons. The average Bonchev–Trinajstić information content (AvgIpc) is 3.26. The zero-order valence-electron chi connectivity index (χ0n) is 24.4. The minimum absolute atomic E-state index is 0.00683. The average molecular weight is 598 g/mol. The number of carbonyl (C=O) groups is 4. The molecule has 2 amide bonds. The third-order valence-electron chi connectivity index (χ3n) is 6.00. The van der Waals surface area contributed by atoms with Gasteiger partial charge in [-0.2, -0.15) is 10.2 Å². The lowest BCUT2D eigenvalue weighted by molar-refractivity contribution is -0.134. The second-order valence-electron chi connectivity index (χ2n) is 9.24. The van der Waals surface area contributed by atoms with E-state index in [-0.39, 0.29) is 34.8 Å². The fraction of sp³-hybridized carbons (Fsp3) is 0.615. The molecule has 41 heavy (non-hydrogen) atoms. The highest BCUT2D eigenvalue weighted by Gasteiger charge is 2.32. The number of halogens is 1. The second-order valence-corrected chi connectivity index (χ2v) is 9.60. The van der Waals surface area contributed by atoms with Crippen LogP contribution in [0.5, 0.6) is 0 Å². The first-order chi connectivity index (χ1) is 19.5. The predicted octanol–water partition coefficient (Wildman–Crippen LogP) is 0.703. The second kappa shape index (κ2) is 16.6. The standard InChI is InChI=1S/C11H15N3O3.C10H16N2O2.C5H9ClN2O2/c1-4-17-11(16)8-7-5-6(2)12-10(15)9(7)14(3)13-8;1-8-2-3-9(10(13)11-8)12-4-6-14-7-5-12;1-3-10-5(9)4(6)8-7-2/h6H,4-5H2,1-3H3,(H,12,15);3,8H,2,4-7H2,1H3,(H,11,13);7H,3H2,1-2H3/b;;8-4-. The first-order valence-corrected chi connectivity index (χ1v) is 13.9. The number of rotatable bonds is 6. The molecule has 1 aromatic rings. The van der Waals surface area contributed by atoms with E-state index < -0.39 is 11.9 Å². The van der Waals surface area contributed by atoms with Crippen molar-refractivity contribution in [3.8, 4) is 0 Å². The molecule has 2 atom stereocenters. The highest BCUT2D eigenvalue weighted by Crippen LogP contribution is 2.21. The number of hydrogen-bond acceptors (Lipinski definition) is 11. The Hall–Kier alpha value is -3.65. The summed E-state index contributed by atoms with van der Waals surface area (Å²) < 4.78 is 16.1. The molecule has 14 nitrogen and oxygen atoms in total. The minimum atomic E-state index is -0.612. The monoisotopic (exact) mass is 597 g/mol. The van der Waals surface area contributed by atoms with Crippen LogP contribution in [0, 0.1) is 0 Å². The Kier molecular flexibility index (Phi) is 13.6. The highest BCUT2D eigenvalue weighted by atomic mass is 35.5. The number of fused-ring (bicyclic) bond motifs is 1. The first-order valence-electron chi connectivity index (χ1n) is 13.5. The Morgan fingerprint density at radius 1 is 1.12 bits per heavy atom. The minimum Gasteiger partial charge on any atom is -0.461 e. The Morgan fingerprint density at radius 3 is 2.34 bits per heavy atom. The van der Waals surface area contributed by atoms with Gasteiger partial charge in [-0.25, -0.2) is 9.59 Å². The summed E-state index contributed by atoms with van der Waals surface area (Å²) in [5.74, 6) is -1.21. The number of morpholine rings is 1. The summed E-state index contributed by atoms with van der Waals surface area (Å²) in [6.45, 7) is 11.0. The Labute approximate surface area is 244 Å². The van der Waals surface area contributed by atoms with E-state index in [2.05, 4.69) is 35.9 Å². The number of hydrazone groups is 1. The fourth-order valence-electron chi connectivity index (χ4n) is 4.21. The number of aromatic nitrogens is 2. The van der Waals surface area contributed by atoms with Gasteiger partial charge in [-0.3, -0.25) is 14.3 Å². The van der Waals surface area contributed by atoms with Crippen LogP contribution in [0.15, 0.2) is 16.9 Å². The van der Waals surface area contributed by atoms with E-state index >= 15 is 0 Å². The molecule has 15 heteroatoms. The van der Waals surface area contributed by atoms with E-state index in [1.54, 1.807) is 27.9 Å². The van der Waals surface area contributed by atoms with Crippen LogP contribution in [-0.4, -0.2) is 102 Å². The summed E-state index contributed by atoms with van der Waals surface area (Å²) in [6.07, 6.45) is 3.57. The van der Waals surface area contributed by atoms with Gasteiger partial charge in [0.15, 0.2) is 5.69 Å². The van der Waals surface area contributed by atoms with Gasteiger partial charge < -0.3 is 35.2 Å². The third-order valence-corrected chi connectivity index (χ3v) is 6.24. The summed E-state index contributed by atoms with van der Waals surface area (Å²) in [4.78, 5) is 47.9. The first kappa shape index (κ1) is 33.6. The molecular weight excluding hydrogens is 558 g/mol. The molecule has 4 heterocycles. The maximum absolute atomic E-state index is 11.8. The molecule has 3 aliphatic heterocycles. The Morgan fingerprint density at radius 2 is 1.76 bits per heavy atom. The van der Waals surface area contributed by atoms with Crippen LogP contribution in [0.3, 0.4) is 0 Å². The number of nitrogens with one attached hydrogen (secondary N) is 3. The van der Waals surface area contributed by atoms with Gasteiger partial charge >= 0.3 is 11.9 Å². The van der Waals surface area contributed by atoms with Crippen molar-refractivity contribution >= 4 is 40.5 Å². The van der Waals surface area contributed by atoms with Gasteiger partial charge in [0.05, 0.1) is 32.1 Å². The quantitative estimate of drug-likeness (QED) is 0.241. The van der Waals surface area contributed by atoms with E-state index in [1.165, 1.54) is 4.68 Å². The molecule has 0 saturated carbocycles. The summed E-state index contributed by atoms with van der Waals surface area (Å²) in [5.41, 5.74) is 4.58. The van der Waals surface area contributed by atoms with Gasteiger partial charge in [-0.15, -0.1) is 0 Å². The molecule has 228 valence electrons. The van der Waals surface area contributed by atoms with Crippen LogP contribution in [0.2, 0.25) is 0 Å². The van der Waals surface area contributed by atoms with E-state index in [9.17, 15) is 19.2 Å². The number of amides is 2. The number of nitrogens with zero attached hydrogens (tertiary/aromatic N) is 4. The molecule has 2 unspecified atom stereocenters. The largest absolute Gasteiger partial charge is 0.461 e. The molecule has 1 fully saturated rings. The third kappa shape index (κ3) is 9.74. The Balaban J connectivity index is 0.000000223. The molecule has 3 aliphatic rings. The van der Waals surface area contributed by atoms with Crippen molar-refractivity contribution in [1.82, 2.24) is 30.7 Å². The van der Waals surface area contributed by atoms with Gasteiger partial charge in [0.1, 0.15) is 5.69 Å². The maximum atomic E-state index is 11.8. The van der Waals surface area contributed by atoms with Crippen molar-refractivity contribution < 1.29 is 33.4 Å². The molecule has 0 aromatic carbocycles. The summed E-state index contributed by atoms with van der Waals surface area (Å²) >= 11 is 5.32. The highest BCUT2D eigenvalue weighted by molar-refractivity contribution is 6.81. The zero-order valence-corrected chi connectivity index (χ0v) is 25.2. The summed E-state index contributed by atoms with van der Waals surface area (Å²) in [5, 5.41) is 13.0. The van der Waals surface area contributed by atoms with Crippen molar-refractivity contribution in [1.29, 1.82) is 0 Å². The van der Waals surface area contributed by atoms with E-state index in [0.29, 0.717) is 30.9 Å². The molecule has 1 aromatic heterocycles. The zero-order chi connectivity index (χ0) is 30.5. The van der Waals surface area contributed by atoms with Crippen molar-refractivity contribution in [2.75, 3.05) is 46.6 Å². The molecule has 0 bridgehead atoms. The fourth-order valence-corrected chi connectivity index (χ4v) is 4.35. The predicted molar refractivity (Wildman–Crippen MR) is 151 cm³/mol. The maximum Gasteiger partial charge on any atom is 0.370 e.